The summed E-state index contributed by atoms with van der Waals surface area (Å²) in [5.41, 5.74) is 1.60. The Labute approximate surface area is 182 Å². The number of alkyl halides is 3. The van der Waals surface area contributed by atoms with Crippen LogP contribution in [0.1, 0.15) is 20.3 Å². The van der Waals surface area contributed by atoms with Crippen LogP contribution in [0.5, 0.6) is 17.2 Å². The third-order valence-corrected chi connectivity index (χ3v) is 4.72. The molecular formula is C22H21F3N4O3. The standard InChI is InChI=1S/C22H21F3N4O3/c1-3-13(2)26-21-28-17(14-5-4-6-16(9-14)32-22(23,24)25)11-20(29-21)27-15-7-8-18-19(10-15)31-12-30-18/h4-11,13H,3,12H2,1-2H3,(H2,26,27,28,29)/t13-/m0/s1. The first kappa shape index (κ1) is 21.5. The second-order valence-corrected chi connectivity index (χ2v) is 7.18. The van der Waals surface area contributed by atoms with Crippen molar-refractivity contribution >= 4 is 17.5 Å². The molecule has 1 aliphatic heterocycles. The Kier molecular flexibility index (Phi) is 5.93. The van der Waals surface area contributed by atoms with E-state index in [0.29, 0.717) is 40.2 Å². The second-order valence-electron chi connectivity index (χ2n) is 7.18. The predicted molar refractivity (Wildman–Crippen MR) is 113 cm³/mol. The molecular weight excluding hydrogens is 425 g/mol. The number of nitrogens with zero attached hydrogens (tertiary/aromatic N) is 2. The van der Waals surface area contributed by atoms with Crippen LogP contribution in [0, 0.1) is 0 Å². The fourth-order valence-electron chi connectivity index (χ4n) is 3.02. The Morgan fingerprint density at radius 3 is 2.66 bits per heavy atom. The summed E-state index contributed by atoms with van der Waals surface area (Å²) in [6.07, 6.45) is -3.94. The molecule has 0 aliphatic carbocycles. The summed E-state index contributed by atoms with van der Waals surface area (Å²) in [6.45, 7) is 4.17. The highest BCUT2D eigenvalue weighted by atomic mass is 19.4. The lowest BCUT2D eigenvalue weighted by molar-refractivity contribution is -0.274. The minimum Gasteiger partial charge on any atom is -0.454 e. The van der Waals surface area contributed by atoms with E-state index < -0.39 is 6.36 Å². The molecule has 0 spiro atoms. The lowest BCUT2D eigenvalue weighted by Gasteiger charge is -2.15. The zero-order chi connectivity index (χ0) is 22.7. The highest BCUT2D eigenvalue weighted by Crippen LogP contribution is 2.35. The van der Waals surface area contributed by atoms with Crippen molar-refractivity contribution in [1.29, 1.82) is 0 Å². The van der Waals surface area contributed by atoms with Gasteiger partial charge in [-0.3, -0.25) is 0 Å². The average molecular weight is 446 g/mol. The van der Waals surface area contributed by atoms with E-state index >= 15 is 0 Å². The van der Waals surface area contributed by atoms with Crippen molar-refractivity contribution in [1.82, 2.24) is 9.97 Å². The van der Waals surface area contributed by atoms with Crippen LogP contribution in [0.25, 0.3) is 11.3 Å². The molecule has 0 saturated carbocycles. The Balaban J connectivity index is 1.67. The summed E-state index contributed by atoms with van der Waals surface area (Å²) in [6, 6.07) is 12.8. The fraction of sp³-hybridized carbons (Fsp3) is 0.273. The van der Waals surface area contributed by atoms with E-state index in [4.69, 9.17) is 9.47 Å². The van der Waals surface area contributed by atoms with E-state index in [9.17, 15) is 13.2 Å². The number of anilines is 3. The minimum atomic E-state index is -4.78. The summed E-state index contributed by atoms with van der Waals surface area (Å²) in [5.74, 6) is 1.75. The smallest absolute Gasteiger partial charge is 0.454 e. The first-order chi connectivity index (χ1) is 15.3. The zero-order valence-electron chi connectivity index (χ0n) is 17.4. The number of hydrogen-bond acceptors (Lipinski definition) is 7. The quantitative estimate of drug-likeness (QED) is 0.480. The Morgan fingerprint density at radius 2 is 1.88 bits per heavy atom. The number of fused-ring (bicyclic) bond motifs is 1. The van der Waals surface area contributed by atoms with Crippen LogP contribution < -0.4 is 24.8 Å². The highest BCUT2D eigenvalue weighted by molar-refractivity contribution is 5.69. The molecule has 0 saturated heterocycles. The van der Waals surface area contributed by atoms with Gasteiger partial charge in [-0.25, -0.2) is 4.98 Å². The van der Waals surface area contributed by atoms with E-state index in [1.807, 2.05) is 19.9 Å². The summed E-state index contributed by atoms with van der Waals surface area (Å²) in [4.78, 5) is 8.99. The molecule has 3 aromatic rings. The van der Waals surface area contributed by atoms with Gasteiger partial charge in [-0.2, -0.15) is 4.98 Å². The van der Waals surface area contributed by atoms with Crippen molar-refractivity contribution in [2.75, 3.05) is 17.4 Å². The molecule has 10 heteroatoms. The van der Waals surface area contributed by atoms with Gasteiger partial charge in [-0.1, -0.05) is 19.1 Å². The van der Waals surface area contributed by atoms with Crippen LogP contribution >= 0.6 is 0 Å². The largest absolute Gasteiger partial charge is 0.573 e. The average Bonchev–Trinajstić information content (AvgIpc) is 3.20. The molecule has 2 aromatic carbocycles. The Morgan fingerprint density at radius 1 is 1.06 bits per heavy atom. The Hall–Kier alpha value is -3.69. The molecule has 1 atom stereocenters. The van der Waals surface area contributed by atoms with E-state index in [0.717, 1.165) is 6.42 Å². The molecule has 168 valence electrons. The lowest BCUT2D eigenvalue weighted by Crippen LogP contribution is -2.17. The topological polar surface area (TPSA) is 77.5 Å². The summed E-state index contributed by atoms with van der Waals surface area (Å²) < 4.78 is 52.7. The number of ether oxygens (including phenoxy) is 3. The number of benzene rings is 2. The lowest BCUT2D eigenvalue weighted by atomic mass is 10.1. The van der Waals surface area contributed by atoms with E-state index in [1.54, 1.807) is 24.3 Å². The first-order valence-corrected chi connectivity index (χ1v) is 9.97. The third-order valence-electron chi connectivity index (χ3n) is 4.72. The Bertz CT molecular complexity index is 1110. The van der Waals surface area contributed by atoms with Gasteiger partial charge < -0.3 is 24.8 Å². The maximum absolute atomic E-state index is 12.6. The van der Waals surface area contributed by atoms with E-state index in [-0.39, 0.29) is 18.6 Å². The van der Waals surface area contributed by atoms with Crippen LogP contribution in [0.4, 0.5) is 30.6 Å². The highest BCUT2D eigenvalue weighted by Gasteiger charge is 2.31. The van der Waals surface area contributed by atoms with Gasteiger partial charge in [-0.05, 0) is 37.6 Å². The molecule has 32 heavy (non-hydrogen) atoms. The van der Waals surface area contributed by atoms with Crippen LogP contribution in [0.15, 0.2) is 48.5 Å². The molecule has 7 nitrogen and oxygen atoms in total. The van der Waals surface area contributed by atoms with Crippen molar-refractivity contribution in [2.45, 2.75) is 32.7 Å². The van der Waals surface area contributed by atoms with Gasteiger partial charge in [0.1, 0.15) is 11.6 Å². The van der Waals surface area contributed by atoms with Crippen molar-refractivity contribution in [2.24, 2.45) is 0 Å². The van der Waals surface area contributed by atoms with Crippen LogP contribution in [0.2, 0.25) is 0 Å². The molecule has 0 fully saturated rings. The van der Waals surface area contributed by atoms with Crippen LogP contribution in [-0.2, 0) is 0 Å². The van der Waals surface area contributed by atoms with Gasteiger partial charge in [0.05, 0.1) is 5.69 Å². The van der Waals surface area contributed by atoms with Crippen molar-refractivity contribution in [3.63, 3.8) is 0 Å². The molecule has 1 aliphatic rings. The number of nitrogens with one attached hydrogen (secondary N) is 2. The van der Waals surface area contributed by atoms with Crippen molar-refractivity contribution in [3.8, 4) is 28.5 Å². The van der Waals surface area contributed by atoms with Crippen LogP contribution in [-0.4, -0.2) is 29.2 Å². The molecule has 0 radical (unpaired) electrons. The number of halogens is 3. The number of aromatic nitrogens is 2. The maximum Gasteiger partial charge on any atom is 0.573 e. The maximum atomic E-state index is 12.6. The van der Waals surface area contributed by atoms with Crippen LogP contribution in [0.3, 0.4) is 0 Å². The molecule has 2 N–H and O–H groups in total. The second kappa shape index (κ2) is 8.81. The molecule has 4 rings (SSSR count). The van der Waals surface area contributed by atoms with E-state index in [2.05, 4.69) is 25.3 Å². The van der Waals surface area contributed by atoms with Gasteiger partial charge >= 0.3 is 6.36 Å². The van der Waals surface area contributed by atoms with Crippen molar-refractivity contribution < 1.29 is 27.4 Å². The predicted octanol–water partition coefficient (Wildman–Crippen LogP) is 5.72. The molecule has 1 aromatic heterocycles. The van der Waals surface area contributed by atoms with E-state index in [1.165, 1.54) is 18.2 Å². The zero-order valence-corrected chi connectivity index (χ0v) is 17.4. The van der Waals surface area contributed by atoms with Gasteiger partial charge in [0, 0.05) is 29.4 Å². The molecule has 2 heterocycles. The van der Waals surface area contributed by atoms with Gasteiger partial charge in [-0.15, -0.1) is 13.2 Å². The summed E-state index contributed by atoms with van der Waals surface area (Å²) in [7, 11) is 0. The summed E-state index contributed by atoms with van der Waals surface area (Å²) >= 11 is 0. The van der Waals surface area contributed by atoms with Gasteiger partial charge in [0.25, 0.3) is 0 Å². The molecule has 0 unspecified atom stereocenters. The van der Waals surface area contributed by atoms with Gasteiger partial charge in [0.2, 0.25) is 12.7 Å². The molecule has 0 amide bonds. The first-order valence-electron chi connectivity index (χ1n) is 9.97. The number of rotatable bonds is 7. The summed E-state index contributed by atoms with van der Waals surface area (Å²) in [5, 5.41) is 6.39. The minimum absolute atomic E-state index is 0.101. The van der Waals surface area contributed by atoms with Gasteiger partial charge in [0.15, 0.2) is 11.5 Å². The van der Waals surface area contributed by atoms with Crippen molar-refractivity contribution in [3.05, 3.63) is 48.5 Å². The number of hydrogen-bond donors (Lipinski definition) is 2. The molecule has 0 bridgehead atoms. The fourth-order valence-corrected chi connectivity index (χ4v) is 3.02. The normalized spacial score (nSPS) is 13.5. The monoisotopic (exact) mass is 446 g/mol. The SMILES string of the molecule is CC[C@H](C)Nc1nc(Nc2ccc3c(c2)OCO3)cc(-c2cccc(OC(F)(F)F)c2)n1. The third kappa shape index (κ3) is 5.32.